The first-order chi connectivity index (χ1) is 15.4. The van der Waals surface area contributed by atoms with Crippen LogP contribution >= 0.6 is 0 Å². The molecule has 1 aromatic carbocycles. The number of aliphatic carboxylic acids is 2. The number of ether oxygens (including phenoxy) is 3. The SMILES string of the molecule is COCCOCC(CC1(C(=O)NC[C@H](OCc2ccccc2)C(=O)O)CCCC1)C(=O)O. The second-order valence-electron chi connectivity index (χ2n) is 8.13. The third-order valence-corrected chi connectivity index (χ3v) is 5.80. The highest BCUT2D eigenvalue weighted by Gasteiger charge is 2.44. The molecule has 1 aromatic rings. The van der Waals surface area contributed by atoms with E-state index in [0.29, 0.717) is 19.4 Å². The van der Waals surface area contributed by atoms with Crippen LogP contribution in [0.3, 0.4) is 0 Å². The number of carboxylic acids is 2. The van der Waals surface area contributed by atoms with Crippen molar-refractivity contribution in [1.82, 2.24) is 5.32 Å². The van der Waals surface area contributed by atoms with Crippen LogP contribution in [0.1, 0.15) is 37.7 Å². The fraction of sp³-hybridized carbons (Fsp3) is 0.609. The van der Waals surface area contributed by atoms with Crippen molar-refractivity contribution in [3.63, 3.8) is 0 Å². The van der Waals surface area contributed by atoms with Gasteiger partial charge in [0.15, 0.2) is 6.10 Å². The Balaban J connectivity index is 1.96. The Labute approximate surface area is 188 Å². The smallest absolute Gasteiger partial charge is 0.334 e. The number of amides is 1. The molecule has 1 saturated carbocycles. The number of hydrogen-bond donors (Lipinski definition) is 3. The van der Waals surface area contributed by atoms with Crippen LogP contribution < -0.4 is 5.32 Å². The van der Waals surface area contributed by atoms with Gasteiger partial charge in [0.25, 0.3) is 0 Å². The van der Waals surface area contributed by atoms with E-state index in [0.717, 1.165) is 18.4 Å². The van der Waals surface area contributed by atoms with E-state index in [1.54, 1.807) is 0 Å². The Morgan fingerprint density at radius 2 is 1.75 bits per heavy atom. The van der Waals surface area contributed by atoms with Crippen molar-refractivity contribution in [2.24, 2.45) is 11.3 Å². The van der Waals surface area contributed by atoms with Crippen LogP contribution in [0.2, 0.25) is 0 Å². The van der Waals surface area contributed by atoms with Crippen LogP contribution in [0.25, 0.3) is 0 Å². The van der Waals surface area contributed by atoms with Crippen molar-refractivity contribution in [2.45, 2.75) is 44.8 Å². The van der Waals surface area contributed by atoms with E-state index in [-0.39, 0.29) is 38.7 Å². The molecular formula is C23H33NO8. The van der Waals surface area contributed by atoms with Gasteiger partial charge < -0.3 is 29.7 Å². The van der Waals surface area contributed by atoms with E-state index in [9.17, 15) is 24.6 Å². The minimum Gasteiger partial charge on any atom is -0.481 e. The maximum Gasteiger partial charge on any atom is 0.334 e. The van der Waals surface area contributed by atoms with Crippen molar-refractivity contribution >= 4 is 17.8 Å². The monoisotopic (exact) mass is 451 g/mol. The van der Waals surface area contributed by atoms with E-state index >= 15 is 0 Å². The van der Waals surface area contributed by atoms with E-state index in [2.05, 4.69) is 5.32 Å². The molecule has 1 unspecified atom stereocenters. The number of carbonyl (C=O) groups is 3. The normalized spacial score (nSPS) is 16.9. The Morgan fingerprint density at radius 1 is 1.06 bits per heavy atom. The van der Waals surface area contributed by atoms with Crippen LogP contribution in [0, 0.1) is 11.3 Å². The summed E-state index contributed by atoms with van der Waals surface area (Å²) >= 11 is 0. The first-order valence-electron chi connectivity index (χ1n) is 10.8. The van der Waals surface area contributed by atoms with Gasteiger partial charge in [0.2, 0.25) is 5.91 Å². The van der Waals surface area contributed by atoms with Gasteiger partial charge in [-0.1, -0.05) is 43.2 Å². The van der Waals surface area contributed by atoms with E-state index in [1.807, 2.05) is 30.3 Å². The van der Waals surface area contributed by atoms with Crippen LogP contribution in [0.5, 0.6) is 0 Å². The lowest BCUT2D eigenvalue weighted by Crippen LogP contribution is -2.46. The molecule has 0 bridgehead atoms. The van der Waals surface area contributed by atoms with E-state index < -0.39 is 29.4 Å². The molecule has 3 N–H and O–H groups in total. The Morgan fingerprint density at radius 3 is 2.34 bits per heavy atom. The van der Waals surface area contributed by atoms with Gasteiger partial charge in [0.05, 0.1) is 44.3 Å². The van der Waals surface area contributed by atoms with Crippen LogP contribution in [-0.2, 0) is 35.2 Å². The molecule has 2 rings (SSSR count). The Bertz CT molecular complexity index is 733. The molecule has 9 nitrogen and oxygen atoms in total. The first-order valence-corrected chi connectivity index (χ1v) is 10.8. The lowest BCUT2D eigenvalue weighted by molar-refractivity contribution is -0.151. The number of carbonyl (C=O) groups excluding carboxylic acids is 1. The molecule has 0 saturated heterocycles. The van der Waals surface area contributed by atoms with Gasteiger partial charge in [0, 0.05) is 7.11 Å². The summed E-state index contributed by atoms with van der Waals surface area (Å²) in [6.07, 6.45) is 1.69. The number of hydrogen-bond acceptors (Lipinski definition) is 6. The van der Waals surface area contributed by atoms with Crippen LogP contribution in [0.15, 0.2) is 30.3 Å². The Hall–Kier alpha value is -2.49. The number of nitrogens with one attached hydrogen (secondary N) is 1. The number of methoxy groups -OCH3 is 1. The lowest BCUT2D eigenvalue weighted by atomic mass is 9.77. The molecule has 178 valence electrons. The third-order valence-electron chi connectivity index (χ3n) is 5.80. The van der Waals surface area contributed by atoms with Crippen molar-refractivity contribution in [3.05, 3.63) is 35.9 Å². The van der Waals surface area contributed by atoms with Gasteiger partial charge in [0.1, 0.15) is 0 Å². The summed E-state index contributed by atoms with van der Waals surface area (Å²) in [5.41, 5.74) is -0.0222. The maximum absolute atomic E-state index is 13.1. The Kier molecular flexibility index (Phi) is 10.6. The van der Waals surface area contributed by atoms with Crippen molar-refractivity contribution in [1.29, 1.82) is 0 Å². The molecule has 1 amide bonds. The molecule has 9 heteroatoms. The number of rotatable bonds is 15. The molecule has 0 aliphatic heterocycles. The molecule has 2 atom stereocenters. The summed E-state index contributed by atoms with van der Waals surface area (Å²) in [6.45, 7) is 0.547. The average molecular weight is 452 g/mol. The zero-order valence-electron chi connectivity index (χ0n) is 18.5. The maximum atomic E-state index is 13.1. The molecule has 0 heterocycles. The average Bonchev–Trinajstić information content (AvgIpc) is 3.26. The van der Waals surface area contributed by atoms with Crippen molar-refractivity contribution < 1.29 is 38.8 Å². The van der Waals surface area contributed by atoms with Gasteiger partial charge in [-0.15, -0.1) is 0 Å². The van der Waals surface area contributed by atoms with Gasteiger partial charge in [-0.05, 0) is 24.8 Å². The highest BCUT2D eigenvalue weighted by atomic mass is 16.5. The van der Waals surface area contributed by atoms with Gasteiger partial charge >= 0.3 is 11.9 Å². The zero-order chi connectivity index (χ0) is 23.4. The molecule has 1 aliphatic carbocycles. The summed E-state index contributed by atoms with van der Waals surface area (Å²) in [5.74, 6) is -3.35. The number of carboxylic acid groups (broad SMARTS) is 2. The predicted octanol–water partition coefficient (Wildman–Crippen LogP) is 2.09. The summed E-state index contributed by atoms with van der Waals surface area (Å²) < 4.78 is 15.8. The summed E-state index contributed by atoms with van der Waals surface area (Å²) in [5, 5.41) is 21.8. The summed E-state index contributed by atoms with van der Waals surface area (Å²) in [6, 6.07) is 9.17. The van der Waals surface area contributed by atoms with Crippen LogP contribution in [-0.4, -0.2) is 67.6 Å². The van der Waals surface area contributed by atoms with Crippen molar-refractivity contribution in [2.75, 3.05) is 33.5 Å². The molecular weight excluding hydrogens is 418 g/mol. The summed E-state index contributed by atoms with van der Waals surface area (Å²) in [7, 11) is 1.53. The van der Waals surface area contributed by atoms with Gasteiger partial charge in [-0.25, -0.2) is 4.79 Å². The molecule has 1 aliphatic rings. The van der Waals surface area contributed by atoms with Gasteiger partial charge in [-0.3, -0.25) is 9.59 Å². The highest BCUT2D eigenvalue weighted by molar-refractivity contribution is 5.84. The second kappa shape index (κ2) is 13.1. The van der Waals surface area contributed by atoms with Crippen molar-refractivity contribution in [3.8, 4) is 0 Å². The molecule has 0 spiro atoms. The highest BCUT2D eigenvalue weighted by Crippen LogP contribution is 2.43. The largest absolute Gasteiger partial charge is 0.481 e. The molecule has 0 radical (unpaired) electrons. The molecule has 1 fully saturated rings. The molecule has 0 aromatic heterocycles. The zero-order valence-corrected chi connectivity index (χ0v) is 18.5. The minimum atomic E-state index is -1.20. The topological polar surface area (TPSA) is 131 Å². The van der Waals surface area contributed by atoms with Crippen LogP contribution in [0.4, 0.5) is 0 Å². The van der Waals surface area contributed by atoms with Gasteiger partial charge in [-0.2, -0.15) is 0 Å². The fourth-order valence-electron chi connectivity index (χ4n) is 3.99. The minimum absolute atomic E-state index is 0.00827. The standard InChI is InChI=1S/C23H33NO8/c1-30-11-12-31-16-18(20(25)26)13-23(9-5-6-10-23)22(29)24-14-19(21(27)28)32-15-17-7-3-2-4-8-17/h2-4,7-8,18-19H,5-6,9-16H2,1H3,(H,24,29)(H,25,26)(H,27,28)/t18?,19-/m0/s1. The first kappa shape index (κ1) is 25.8. The lowest BCUT2D eigenvalue weighted by Gasteiger charge is -2.31. The summed E-state index contributed by atoms with van der Waals surface area (Å²) in [4.78, 5) is 36.4. The second-order valence-corrected chi connectivity index (χ2v) is 8.13. The molecule has 32 heavy (non-hydrogen) atoms. The number of benzene rings is 1. The fourth-order valence-corrected chi connectivity index (χ4v) is 3.99. The quantitative estimate of drug-likeness (QED) is 0.346. The van der Waals surface area contributed by atoms with E-state index in [4.69, 9.17) is 14.2 Å². The predicted molar refractivity (Wildman–Crippen MR) is 115 cm³/mol. The third kappa shape index (κ3) is 7.89. The van der Waals surface area contributed by atoms with E-state index in [1.165, 1.54) is 7.11 Å².